The number of carbonyl (C=O) groups is 1. The van der Waals surface area contributed by atoms with E-state index in [1.54, 1.807) is 7.11 Å². The van der Waals surface area contributed by atoms with Crippen LogP contribution in [-0.2, 0) is 9.53 Å². The zero-order valence-corrected chi connectivity index (χ0v) is 18.5. The number of nitrogens with zero attached hydrogens (tertiary/aromatic N) is 2. The molecule has 1 amide bonds. The first-order valence-electron chi connectivity index (χ1n) is 11.4. The van der Waals surface area contributed by atoms with Gasteiger partial charge in [0.05, 0.1) is 45.6 Å². The number of carbonyl (C=O) groups excluding carboxylic acids is 1. The van der Waals surface area contributed by atoms with Crippen LogP contribution in [0.1, 0.15) is 18.0 Å². The monoisotopic (exact) mass is 437 g/mol. The molecular formula is C25H31N3O4. The molecule has 5 rings (SSSR count). The van der Waals surface area contributed by atoms with Gasteiger partial charge in [0, 0.05) is 31.2 Å². The Kier molecular flexibility index (Phi) is 6.04. The van der Waals surface area contributed by atoms with Crippen LogP contribution in [0.25, 0.3) is 11.1 Å². The van der Waals surface area contributed by atoms with E-state index in [0.717, 1.165) is 54.2 Å². The van der Waals surface area contributed by atoms with Gasteiger partial charge in [-0.05, 0) is 47.4 Å². The van der Waals surface area contributed by atoms with Crippen LogP contribution >= 0.6 is 0 Å². The van der Waals surface area contributed by atoms with E-state index in [1.807, 2.05) is 23.1 Å². The molecule has 170 valence electrons. The van der Waals surface area contributed by atoms with Crippen molar-refractivity contribution in [3.05, 3.63) is 48.0 Å². The molecule has 0 saturated carbocycles. The SMILES string of the molecule is COc1cccc(-c2ccc3c(c2)[C@@H]2[C@@H](CCN2C(=O)CN2CCOCC2)[C@H](CO)N3)c1. The molecule has 0 bridgehead atoms. The first-order valence-corrected chi connectivity index (χ1v) is 11.4. The van der Waals surface area contributed by atoms with Crippen molar-refractivity contribution in [2.24, 2.45) is 5.92 Å². The molecule has 32 heavy (non-hydrogen) atoms. The molecule has 0 aromatic heterocycles. The zero-order valence-electron chi connectivity index (χ0n) is 18.5. The molecule has 3 atom stereocenters. The van der Waals surface area contributed by atoms with Crippen molar-refractivity contribution in [1.29, 1.82) is 0 Å². The Morgan fingerprint density at radius 1 is 1.16 bits per heavy atom. The summed E-state index contributed by atoms with van der Waals surface area (Å²) in [7, 11) is 1.67. The molecule has 0 spiro atoms. The topological polar surface area (TPSA) is 74.3 Å². The van der Waals surface area contributed by atoms with E-state index >= 15 is 0 Å². The molecule has 0 aliphatic carbocycles. The van der Waals surface area contributed by atoms with E-state index in [4.69, 9.17) is 9.47 Å². The molecule has 3 heterocycles. The summed E-state index contributed by atoms with van der Waals surface area (Å²) in [6, 6.07) is 14.3. The van der Waals surface area contributed by atoms with Crippen LogP contribution in [0, 0.1) is 5.92 Å². The van der Waals surface area contributed by atoms with Gasteiger partial charge in [0.25, 0.3) is 0 Å². The number of anilines is 1. The summed E-state index contributed by atoms with van der Waals surface area (Å²) in [4.78, 5) is 17.6. The van der Waals surface area contributed by atoms with Crippen molar-refractivity contribution >= 4 is 11.6 Å². The third-order valence-electron chi connectivity index (χ3n) is 7.06. The van der Waals surface area contributed by atoms with E-state index in [2.05, 4.69) is 34.5 Å². The van der Waals surface area contributed by atoms with Crippen molar-refractivity contribution in [2.75, 3.05) is 58.4 Å². The van der Waals surface area contributed by atoms with Gasteiger partial charge in [0.15, 0.2) is 0 Å². The van der Waals surface area contributed by atoms with Crippen molar-refractivity contribution in [3.63, 3.8) is 0 Å². The Morgan fingerprint density at radius 2 is 1.97 bits per heavy atom. The van der Waals surface area contributed by atoms with Gasteiger partial charge in [-0.25, -0.2) is 0 Å². The number of ether oxygens (including phenoxy) is 2. The molecule has 3 aliphatic heterocycles. The lowest BCUT2D eigenvalue weighted by Crippen LogP contribution is -2.47. The zero-order chi connectivity index (χ0) is 22.1. The highest BCUT2D eigenvalue weighted by Crippen LogP contribution is 2.47. The highest BCUT2D eigenvalue weighted by molar-refractivity contribution is 5.80. The van der Waals surface area contributed by atoms with Gasteiger partial charge < -0.3 is 24.8 Å². The third-order valence-corrected chi connectivity index (χ3v) is 7.06. The standard InChI is InChI=1S/C25H31N3O4/c1-31-19-4-2-3-17(13-19)18-5-6-22-21(14-18)25-20(23(16-29)26-22)7-8-28(25)24(30)15-27-9-11-32-12-10-27/h2-6,13-14,20,23,25-26,29H,7-12,15-16H2,1H3/t20-,23-,25-/m0/s1. The number of fused-ring (bicyclic) bond motifs is 3. The number of nitrogens with one attached hydrogen (secondary N) is 1. The molecule has 2 aromatic rings. The van der Waals surface area contributed by atoms with E-state index in [1.165, 1.54) is 0 Å². The number of rotatable bonds is 5. The number of methoxy groups -OCH3 is 1. The lowest BCUT2D eigenvalue weighted by molar-refractivity contribution is -0.134. The Bertz CT molecular complexity index is 975. The Morgan fingerprint density at radius 3 is 2.75 bits per heavy atom. The average Bonchev–Trinajstić information content (AvgIpc) is 3.30. The summed E-state index contributed by atoms with van der Waals surface area (Å²) in [5, 5.41) is 13.6. The number of hydrogen-bond acceptors (Lipinski definition) is 6. The minimum atomic E-state index is -0.0450. The summed E-state index contributed by atoms with van der Waals surface area (Å²) in [6.07, 6.45) is 0.889. The highest BCUT2D eigenvalue weighted by atomic mass is 16.5. The number of aliphatic hydroxyl groups excluding tert-OH is 1. The molecule has 7 nitrogen and oxygen atoms in total. The van der Waals surface area contributed by atoms with E-state index < -0.39 is 0 Å². The second-order valence-corrected chi connectivity index (χ2v) is 8.84. The first kappa shape index (κ1) is 21.2. The highest BCUT2D eigenvalue weighted by Gasteiger charge is 2.45. The van der Waals surface area contributed by atoms with Gasteiger partial charge in [-0.1, -0.05) is 18.2 Å². The fourth-order valence-corrected chi connectivity index (χ4v) is 5.37. The third kappa shape index (κ3) is 3.96. The van der Waals surface area contributed by atoms with Crippen molar-refractivity contribution in [3.8, 4) is 16.9 Å². The molecule has 0 unspecified atom stereocenters. The summed E-state index contributed by atoms with van der Waals surface area (Å²) in [5.41, 5.74) is 4.31. The van der Waals surface area contributed by atoms with Crippen LogP contribution in [0.3, 0.4) is 0 Å². The lowest BCUT2D eigenvalue weighted by Gasteiger charge is -2.40. The largest absolute Gasteiger partial charge is 0.497 e. The summed E-state index contributed by atoms with van der Waals surface area (Å²) in [5.74, 6) is 1.18. The maximum atomic E-state index is 13.4. The number of hydrogen-bond donors (Lipinski definition) is 2. The summed E-state index contributed by atoms with van der Waals surface area (Å²) < 4.78 is 10.8. The Labute approximate surface area is 188 Å². The number of benzene rings is 2. The molecule has 2 aromatic carbocycles. The van der Waals surface area contributed by atoms with E-state index in [9.17, 15) is 9.90 Å². The van der Waals surface area contributed by atoms with Crippen molar-refractivity contribution in [1.82, 2.24) is 9.80 Å². The van der Waals surface area contributed by atoms with Gasteiger partial charge in [-0.2, -0.15) is 0 Å². The predicted molar refractivity (Wildman–Crippen MR) is 123 cm³/mol. The minimum Gasteiger partial charge on any atom is -0.497 e. The molecule has 3 aliphatic rings. The van der Waals surface area contributed by atoms with Gasteiger partial charge in [0.1, 0.15) is 5.75 Å². The average molecular weight is 438 g/mol. The number of amides is 1. The van der Waals surface area contributed by atoms with Gasteiger partial charge in [-0.15, -0.1) is 0 Å². The van der Waals surface area contributed by atoms with Crippen LogP contribution in [0.2, 0.25) is 0 Å². The first-order chi connectivity index (χ1) is 15.7. The van der Waals surface area contributed by atoms with E-state index in [0.29, 0.717) is 19.8 Å². The lowest BCUT2D eigenvalue weighted by atomic mass is 9.82. The fraction of sp³-hybridized carbons (Fsp3) is 0.480. The Hall–Kier alpha value is -2.61. The second kappa shape index (κ2) is 9.10. The van der Waals surface area contributed by atoms with Crippen LogP contribution in [0.4, 0.5) is 5.69 Å². The molecule has 7 heteroatoms. The molecule has 2 saturated heterocycles. The van der Waals surface area contributed by atoms with E-state index in [-0.39, 0.29) is 30.5 Å². The minimum absolute atomic E-state index is 0.0255. The molecule has 0 radical (unpaired) electrons. The van der Waals surface area contributed by atoms with Gasteiger partial charge in [0.2, 0.25) is 5.91 Å². The van der Waals surface area contributed by atoms with Crippen LogP contribution < -0.4 is 10.1 Å². The maximum Gasteiger partial charge on any atom is 0.237 e. The number of aliphatic hydroxyl groups is 1. The van der Waals surface area contributed by atoms with Crippen LogP contribution in [0.15, 0.2) is 42.5 Å². The smallest absolute Gasteiger partial charge is 0.237 e. The molecular weight excluding hydrogens is 406 g/mol. The van der Waals surface area contributed by atoms with Crippen LogP contribution in [0.5, 0.6) is 5.75 Å². The fourth-order valence-electron chi connectivity index (χ4n) is 5.37. The predicted octanol–water partition coefficient (Wildman–Crippen LogP) is 2.37. The maximum absolute atomic E-state index is 13.4. The summed E-state index contributed by atoms with van der Waals surface area (Å²) in [6.45, 7) is 4.17. The van der Waals surface area contributed by atoms with Crippen LogP contribution in [-0.4, -0.2) is 80.0 Å². The Balaban J connectivity index is 1.47. The number of likely N-dealkylation sites (tertiary alicyclic amines) is 1. The summed E-state index contributed by atoms with van der Waals surface area (Å²) >= 11 is 0. The second-order valence-electron chi connectivity index (χ2n) is 8.84. The van der Waals surface area contributed by atoms with Crippen molar-refractivity contribution < 1.29 is 19.4 Å². The van der Waals surface area contributed by atoms with Crippen molar-refractivity contribution in [2.45, 2.75) is 18.5 Å². The molecule has 2 fully saturated rings. The molecule has 2 N–H and O–H groups in total. The quantitative estimate of drug-likeness (QED) is 0.748. The normalized spacial score (nSPS) is 25.1. The number of morpholine rings is 1. The van der Waals surface area contributed by atoms with Gasteiger partial charge >= 0.3 is 0 Å². The van der Waals surface area contributed by atoms with Gasteiger partial charge in [-0.3, -0.25) is 9.69 Å².